The van der Waals surface area contributed by atoms with Crippen molar-refractivity contribution >= 4 is 0 Å². The van der Waals surface area contributed by atoms with E-state index in [1.165, 1.54) is 24.8 Å². The Hall–Kier alpha value is -0.640. The SMILES string of the molecule is CC(C)C(C)CC=CC(C)C1CCC2C3=CC(O)C4(O)CC(O)CCC4(C)C3CCC21C. The molecule has 10 unspecified atom stereocenters. The van der Waals surface area contributed by atoms with Crippen LogP contribution in [0.2, 0.25) is 0 Å². The maximum atomic E-state index is 11.6. The smallest absolute Gasteiger partial charge is 0.102 e. The van der Waals surface area contributed by atoms with Crippen LogP contribution in [0.25, 0.3) is 0 Å². The van der Waals surface area contributed by atoms with E-state index in [9.17, 15) is 15.3 Å². The standard InChI is InChI=1S/C29H48O3/c1-18(2)19(3)8-7-9-20(4)23-10-11-24-22-16-26(31)29(32)17-21(30)12-15-28(29,6)25(22)13-14-27(23,24)5/h7,9,16,18-21,23-26,30-32H,8,10-15,17H2,1-6H3. The molecule has 0 heterocycles. The molecule has 0 bridgehead atoms. The van der Waals surface area contributed by atoms with Gasteiger partial charge in [-0.2, -0.15) is 0 Å². The fraction of sp³-hybridized carbons (Fsp3) is 0.862. The summed E-state index contributed by atoms with van der Waals surface area (Å²) in [6, 6.07) is 0. The molecule has 0 amide bonds. The molecule has 3 heteroatoms. The Morgan fingerprint density at radius 2 is 1.72 bits per heavy atom. The summed E-state index contributed by atoms with van der Waals surface area (Å²) in [5, 5.41) is 33.0. The zero-order chi connectivity index (χ0) is 23.5. The van der Waals surface area contributed by atoms with Gasteiger partial charge < -0.3 is 15.3 Å². The fourth-order valence-electron chi connectivity index (χ4n) is 8.36. The van der Waals surface area contributed by atoms with Crippen molar-refractivity contribution in [1.29, 1.82) is 0 Å². The lowest BCUT2D eigenvalue weighted by Gasteiger charge is -2.62. The highest BCUT2D eigenvalue weighted by Gasteiger charge is 2.64. The van der Waals surface area contributed by atoms with Crippen molar-refractivity contribution in [2.75, 3.05) is 0 Å². The Labute approximate surface area is 196 Å². The van der Waals surface area contributed by atoms with Gasteiger partial charge in [-0.15, -0.1) is 0 Å². The lowest BCUT2D eigenvalue weighted by Crippen LogP contribution is -2.65. The van der Waals surface area contributed by atoms with Crippen molar-refractivity contribution in [2.24, 2.45) is 46.3 Å². The lowest BCUT2D eigenvalue weighted by molar-refractivity contribution is -0.210. The second-order valence-electron chi connectivity index (χ2n) is 12.9. The molecule has 0 aromatic rings. The summed E-state index contributed by atoms with van der Waals surface area (Å²) < 4.78 is 0. The zero-order valence-electron chi connectivity index (χ0n) is 21.3. The fourth-order valence-corrected chi connectivity index (χ4v) is 8.36. The van der Waals surface area contributed by atoms with Gasteiger partial charge in [0.2, 0.25) is 0 Å². The summed E-state index contributed by atoms with van der Waals surface area (Å²) in [6.45, 7) is 14.1. The second kappa shape index (κ2) is 8.54. The number of fused-ring (bicyclic) bond motifs is 5. The molecule has 182 valence electrons. The maximum absolute atomic E-state index is 11.6. The first-order chi connectivity index (χ1) is 14.9. The molecule has 3 saturated carbocycles. The van der Waals surface area contributed by atoms with Crippen molar-refractivity contribution in [3.8, 4) is 0 Å². The highest BCUT2D eigenvalue weighted by Crippen LogP contribution is 2.67. The van der Waals surface area contributed by atoms with E-state index in [1.807, 2.05) is 6.08 Å². The molecule has 32 heavy (non-hydrogen) atoms. The van der Waals surface area contributed by atoms with Gasteiger partial charge in [0, 0.05) is 11.8 Å². The van der Waals surface area contributed by atoms with Crippen LogP contribution in [0, 0.1) is 46.3 Å². The molecule has 0 spiro atoms. The third-order valence-electron chi connectivity index (χ3n) is 11.0. The molecule has 4 aliphatic carbocycles. The van der Waals surface area contributed by atoms with Gasteiger partial charge in [0.1, 0.15) is 11.7 Å². The molecule has 3 fully saturated rings. The van der Waals surface area contributed by atoms with E-state index >= 15 is 0 Å². The molecule has 0 aromatic heterocycles. The Bertz CT molecular complexity index is 756. The molecule has 0 aromatic carbocycles. The van der Waals surface area contributed by atoms with Gasteiger partial charge in [-0.05, 0) is 85.9 Å². The van der Waals surface area contributed by atoms with Gasteiger partial charge in [-0.1, -0.05) is 65.3 Å². The van der Waals surface area contributed by atoms with E-state index in [4.69, 9.17) is 0 Å². The molecule has 0 radical (unpaired) electrons. The minimum Gasteiger partial charge on any atom is -0.393 e. The van der Waals surface area contributed by atoms with Crippen LogP contribution in [0.3, 0.4) is 0 Å². The van der Waals surface area contributed by atoms with Gasteiger partial charge in [0.25, 0.3) is 0 Å². The first-order valence-electron chi connectivity index (χ1n) is 13.4. The third-order valence-corrected chi connectivity index (χ3v) is 11.0. The van der Waals surface area contributed by atoms with Crippen LogP contribution < -0.4 is 0 Å². The topological polar surface area (TPSA) is 60.7 Å². The number of hydrogen-bond donors (Lipinski definition) is 3. The largest absolute Gasteiger partial charge is 0.393 e. The molecule has 4 rings (SSSR count). The lowest BCUT2D eigenvalue weighted by atomic mass is 9.45. The number of rotatable bonds is 5. The van der Waals surface area contributed by atoms with Crippen LogP contribution >= 0.6 is 0 Å². The van der Waals surface area contributed by atoms with E-state index < -0.39 is 17.8 Å². The third kappa shape index (κ3) is 3.66. The van der Waals surface area contributed by atoms with Crippen LogP contribution in [0.5, 0.6) is 0 Å². The second-order valence-corrected chi connectivity index (χ2v) is 12.9. The quantitative estimate of drug-likeness (QED) is 0.464. The predicted molar refractivity (Wildman–Crippen MR) is 131 cm³/mol. The summed E-state index contributed by atoms with van der Waals surface area (Å²) in [5.41, 5.74) is 0.165. The summed E-state index contributed by atoms with van der Waals surface area (Å²) in [6.07, 6.45) is 13.3. The summed E-state index contributed by atoms with van der Waals surface area (Å²) >= 11 is 0. The highest BCUT2D eigenvalue weighted by molar-refractivity contribution is 5.33. The van der Waals surface area contributed by atoms with Crippen molar-refractivity contribution in [2.45, 2.75) is 111 Å². The van der Waals surface area contributed by atoms with E-state index in [0.717, 1.165) is 37.5 Å². The van der Waals surface area contributed by atoms with E-state index in [2.05, 4.69) is 53.7 Å². The number of aliphatic hydroxyl groups excluding tert-OH is 2. The van der Waals surface area contributed by atoms with Crippen LogP contribution in [0.1, 0.15) is 92.9 Å². The minimum atomic E-state index is -1.20. The van der Waals surface area contributed by atoms with Crippen LogP contribution in [-0.2, 0) is 0 Å². The average Bonchev–Trinajstić information content (AvgIpc) is 3.07. The molecular weight excluding hydrogens is 396 g/mol. The van der Waals surface area contributed by atoms with E-state index in [0.29, 0.717) is 30.1 Å². The minimum absolute atomic E-state index is 0.273. The molecule has 0 saturated heterocycles. The monoisotopic (exact) mass is 444 g/mol. The molecule has 0 aliphatic heterocycles. The van der Waals surface area contributed by atoms with Crippen LogP contribution in [0.15, 0.2) is 23.8 Å². The molecular formula is C29H48O3. The molecule has 4 aliphatic rings. The van der Waals surface area contributed by atoms with Gasteiger partial charge >= 0.3 is 0 Å². The molecule has 10 atom stereocenters. The normalized spacial score (nSPS) is 48.2. The maximum Gasteiger partial charge on any atom is 0.102 e. The Morgan fingerprint density at radius 1 is 1.00 bits per heavy atom. The summed E-state index contributed by atoms with van der Waals surface area (Å²) in [7, 11) is 0. The predicted octanol–water partition coefficient (Wildman–Crippen LogP) is 5.89. The Balaban J connectivity index is 1.56. The Morgan fingerprint density at radius 3 is 2.41 bits per heavy atom. The number of hydrogen-bond acceptors (Lipinski definition) is 3. The number of aliphatic hydroxyl groups is 3. The molecule has 3 N–H and O–H groups in total. The number of allylic oxidation sites excluding steroid dienone is 3. The van der Waals surface area contributed by atoms with Crippen molar-refractivity contribution in [3.63, 3.8) is 0 Å². The van der Waals surface area contributed by atoms with Crippen molar-refractivity contribution < 1.29 is 15.3 Å². The summed E-state index contributed by atoms with van der Waals surface area (Å²) in [5.74, 6) is 3.55. The van der Waals surface area contributed by atoms with Crippen LogP contribution in [-0.4, -0.2) is 33.1 Å². The van der Waals surface area contributed by atoms with E-state index in [1.54, 1.807) is 0 Å². The van der Waals surface area contributed by atoms with E-state index in [-0.39, 0.29) is 10.8 Å². The van der Waals surface area contributed by atoms with Crippen molar-refractivity contribution in [1.82, 2.24) is 0 Å². The van der Waals surface area contributed by atoms with Gasteiger partial charge in [0.15, 0.2) is 0 Å². The summed E-state index contributed by atoms with van der Waals surface area (Å²) in [4.78, 5) is 0. The molecule has 3 nitrogen and oxygen atoms in total. The first-order valence-corrected chi connectivity index (χ1v) is 13.4. The highest BCUT2D eigenvalue weighted by atomic mass is 16.3. The van der Waals surface area contributed by atoms with Gasteiger partial charge in [-0.3, -0.25) is 0 Å². The van der Waals surface area contributed by atoms with Gasteiger partial charge in [0.05, 0.1) is 6.10 Å². The van der Waals surface area contributed by atoms with Crippen molar-refractivity contribution in [3.05, 3.63) is 23.8 Å². The van der Waals surface area contributed by atoms with Crippen LogP contribution in [0.4, 0.5) is 0 Å². The Kier molecular flexibility index (Phi) is 6.53. The van der Waals surface area contributed by atoms with Gasteiger partial charge in [-0.25, -0.2) is 0 Å². The average molecular weight is 445 g/mol. The first kappa shape index (κ1) is 24.5. The zero-order valence-corrected chi connectivity index (χ0v) is 21.3.